The molecule has 0 radical (unpaired) electrons. The van der Waals surface area contributed by atoms with Crippen molar-refractivity contribution in [3.05, 3.63) is 59.7 Å². The molecule has 2 aromatic carbocycles. The Balaban J connectivity index is 1.60. The van der Waals surface area contributed by atoms with Crippen molar-refractivity contribution in [3.63, 3.8) is 0 Å². The Hall–Kier alpha value is -1.85. The van der Waals surface area contributed by atoms with Gasteiger partial charge in [-0.25, -0.2) is 0 Å². The fourth-order valence-electron chi connectivity index (χ4n) is 3.46. The second-order valence-corrected chi connectivity index (χ2v) is 8.41. The van der Waals surface area contributed by atoms with E-state index in [1.165, 1.54) is 5.56 Å². The molecule has 1 aliphatic rings. The third-order valence-corrected chi connectivity index (χ3v) is 6.26. The number of hydrogen-bond acceptors (Lipinski definition) is 4. The van der Waals surface area contributed by atoms with Gasteiger partial charge in [0.2, 0.25) is 0 Å². The van der Waals surface area contributed by atoms with Gasteiger partial charge in [0.15, 0.2) is 0 Å². The molecule has 3 rings (SSSR count). The smallest absolute Gasteiger partial charge is 0.297 e. The lowest BCUT2D eigenvalue weighted by Gasteiger charge is -2.28. The van der Waals surface area contributed by atoms with Gasteiger partial charge in [-0.3, -0.25) is 4.18 Å². The van der Waals surface area contributed by atoms with Crippen molar-refractivity contribution in [2.75, 3.05) is 6.61 Å². The first-order valence-electron chi connectivity index (χ1n) is 9.20. The summed E-state index contributed by atoms with van der Waals surface area (Å²) in [5.41, 5.74) is 2.29. The molecule has 140 valence electrons. The van der Waals surface area contributed by atoms with Crippen molar-refractivity contribution < 1.29 is 17.3 Å². The minimum absolute atomic E-state index is 0.231. The lowest BCUT2D eigenvalue weighted by atomic mass is 9.83. The Morgan fingerprint density at radius 1 is 1.00 bits per heavy atom. The highest BCUT2D eigenvalue weighted by molar-refractivity contribution is 7.86. The number of aryl methyl sites for hydroxylation is 1. The van der Waals surface area contributed by atoms with E-state index in [4.69, 9.17) is 8.92 Å². The van der Waals surface area contributed by atoms with Crippen molar-refractivity contribution in [2.24, 2.45) is 0 Å². The molecular weight excluding hydrogens is 348 g/mol. The zero-order valence-electron chi connectivity index (χ0n) is 15.4. The zero-order chi connectivity index (χ0) is 18.6. The number of rotatable bonds is 6. The van der Waals surface area contributed by atoms with Gasteiger partial charge in [0.25, 0.3) is 10.1 Å². The molecule has 1 fully saturated rings. The summed E-state index contributed by atoms with van der Waals surface area (Å²) in [6.07, 6.45) is 3.09. The Morgan fingerprint density at radius 2 is 1.69 bits per heavy atom. The Labute approximate surface area is 156 Å². The summed E-state index contributed by atoms with van der Waals surface area (Å²) in [6.45, 7) is 4.56. The largest absolute Gasteiger partial charge is 0.494 e. The van der Waals surface area contributed by atoms with Crippen molar-refractivity contribution in [3.8, 4) is 5.75 Å². The molecule has 0 aliphatic heterocycles. The first-order valence-corrected chi connectivity index (χ1v) is 10.6. The summed E-state index contributed by atoms with van der Waals surface area (Å²) in [5.74, 6) is 1.32. The fourth-order valence-corrected chi connectivity index (χ4v) is 4.59. The van der Waals surface area contributed by atoms with Crippen LogP contribution < -0.4 is 4.74 Å². The van der Waals surface area contributed by atoms with Gasteiger partial charge in [-0.15, -0.1) is 0 Å². The van der Waals surface area contributed by atoms with Crippen LogP contribution in [0, 0.1) is 6.92 Å². The standard InChI is InChI=1S/C21H26O4S/c1-3-24-20-6-4-5-18(15-20)17-9-11-19(12-10-17)25-26(22,23)21-13-7-16(2)8-14-21/h4-8,13-15,17,19H,3,9-12H2,1-2H3. The highest BCUT2D eigenvalue weighted by Gasteiger charge is 2.28. The van der Waals surface area contributed by atoms with E-state index in [1.54, 1.807) is 24.3 Å². The molecule has 26 heavy (non-hydrogen) atoms. The Morgan fingerprint density at radius 3 is 2.35 bits per heavy atom. The number of ether oxygens (including phenoxy) is 1. The van der Waals surface area contributed by atoms with Crippen molar-refractivity contribution in [1.29, 1.82) is 0 Å². The van der Waals surface area contributed by atoms with E-state index in [0.717, 1.165) is 37.0 Å². The van der Waals surface area contributed by atoms with Crippen LogP contribution in [0.1, 0.15) is 49.7 Å². The molecule has 0 heterocycles. The van der Waals surface area contributed by atoms with E-state index >= 15 is 0 Å². The highest BCUT2D eigenvalue weighted by atomic mass is 32.2. The summed E-state index contributed by atoms with van der Waals surface area (Å²) < 4.78 is 36.0. The van der Waals surface area contributed by atoms with Crippen LogP contribution in [0.4, 0.5) is 0 Å². The van der Waals surface area contributed by atoms with E-state index in [0.29, 0.717) is 12.5 Å². The average molecular weight is 375 g/mol. The summed E-state index contributed by atoms with van der Waals surface area (Å²) in [4.78, 5) is 0.231. The quantitative estimate of drug-likeness (QED) is 0.680. The van der Waals surface area contributed by atoms with Gasteiger partial charge in [-0.1, -0.05) is 29.8 Å². The molecule has 4 nitrogen and oxygen atoms in total. The normalized spacial score (nSPS) is 20.7. The van der Waals surface area contributed by atoms with E-state index in [2.05, 4.69) is 12.1 Å². The zero-order valence-corrected chi connectivity index (χ0v) is 16.2. The molecule has 0 bridgehead atoms. The maximum Gasteiger partial charge on any atom is 0.297 e. The molecule has 1 aliphatic carbocycles. The van der Waals surface area contributed by atoms with Crippen LogP contribution in [0.15, 0.2) is 53.4 Å². The predicted molar refractivity (Wildman–Crippen MR) is 102 cm³/mol. The third-order valence-electron chi connectivity index (χ3n) is 4.89. The average Bonchev–Trinajstić information content (AvgIpc) is 2.63. The summed E-state index contributed by atoms with van der Waals surface area (Å²) >= 11 is 0. The van der Waals surface area contributed by atoms with Gasteiger partial charge >= 0.3 is 0 Å². The van der Waals surface area contributed by atoms with Gasteiger partial charge in [-0.2, -0.15) is 8.42 Å². The Kier molecular flexibility index (Phi) is 5.99. The van der Waals surface area contributed by atoms with Gasteiger partial charge in [-0.05, 0) is 75.3 Å². The molecule has 0 aromatic heterocycles. The lowest BCUT2D eigenvalue weighted by molar-refractivity contribution is 0.153. The van der Waals surface area contributed by atoms with E-state index < -0.39 is 10.1 Å². The molecule has 0 amide bonds. The lowest BCUT2D eigenvalue weighted by Crippen LogP contribution is -2.24. The van der Waals surface area contributed by atoms with E-state index in [1.807, 2.05) is 26.0 Å². The summed E-state index contributed by atoms with van der Waals surface area (Å²) in [5, 5.41) is 0. The SMILES string of the molecule is CCOc1cccc(C2CCC(OS(=O)(=O)c3ccc(C)cc3)CC2)c1. The first kappa shape index (κ1) is 18.9. The van der Waals surface area contributed by atoms with Gasteiger partial charge in [0.1, 0.15) is 5.75 Å². The minimum Gasteiger partial charge on any atom is -0.494 e. The molecule has 0 atom stereocenters. The van der Waals surface area contributed by atoms with Crippen LogP contribution >= 0.6 is 0 Å². The molecule has 1 saturated carbocycles. The highest BCUT2D eigenvalue weighted by Crippen LogP contribution is 2.36. The molecular formula is C21H26O4S. The van der Waals surface area contributed by atoms with E-state index in [-0.39, 0.29) is 11.0 Å². The fraction of sp³-hybridized carbons (Fsp3) is 0.429. The molecule has 2 aromatic rings. The maximum absolute atomic E-state index is 12.4. The summed E-state index contributed by atoms with van der Waals surface area (Å²) in [7, 11) is -3.69. The van der Waals surface area contributed by atoms with Crippen LogP contribution in [0.5, 0.6) is 5.75 Å². The van der Waals surface area contributed by atoms with Crippen molar-refractivity contribution >= 4 is 10.1 Å². The molecule has 0 saturated heterocycles. The second kappa shape index (κ2) is 8.23. The molecule has 5 heteroatoms. The Bertz CT molecular complexity index is 819. The second-order valence-electron chi connectivity index (χ2n) is 6.84. The van der Waals surface area contributed by atoms with Crippen molar-refractivity contribution in [2.45, 2.75) is 56.4 Å². The van der Waals surface area contributed by atoms with Gasteiger partial charge < -0.3 is 4.74 Å². The topological polar surface area (TPSA) is 52.6 Å². The van der Waals surface area contributed by atoms with Crippen LogP contribution in [-0.2, 0) is 14.3 Å². The first-order chi connectivity index (χ1) is 12.5. The van der Waals surface area contributed by atoms with Crippen LogP contribution in [0.25, 0.3) is 0 Å². The van der Waals surface area contributed by atoms with Gasteiger partial charge in [0, 0.05) is 0 Å². The maximum atomic E-state index is 12.4. The summed E-state index contributed by atoms with van der Waals surface area (Å²) in [6, 6.07) is 15.0. The van der Waals surface area contributed by atoms with Gasteiger partial charge in [0.05, 0.1) is 17.6 Å². The molecule has 0 unspecified atom stereocenters. The monoisotopic (exact) mass is 374 g/mol. The van der Waals surface area contributed by atoms with Crippen LogP contribution in [-0.4, -0.2) is 21.1 Å². The molecule has 0 spiro atoms. The van der Waals surface area contributed by atoms with Crippen molar-refractivity contribution in [1.82, 2.24) is 0 Å². The molecule has 0 N–H and O–H groups in total. The van der Waals surface area contributed by atoms with Crippen LogP contribution in [0.2, 0.25) is 0 Å². The minimum atomic E-state index is -3.69. The van der Waals surface area contributed by atoms with Crippen LogP contribution in [0.3, 0.4) is 0 Å². The predicted octanol–water partition coefficient (Wildman–Crippen LogP) is 4.83. The van der Waals surface area contributed by atoms with E-state index in [9.17, 15) is 8.42 Å². The number of benzene rings is 2. The third kappa shape index (κ3) is 4.65. The number of hydrogen-bond donors (Lipinski definition) is 0.